The number of hydrogen-bond donors (Lipinski definition) is 1. The van der Waals surface area contributed by atoms with E-state index in [1.807, 2.05) is 69.5 Å². The van der Waals surface area contributed by atoms with Gasteiger partial charge < -0.3 is 9.88 Å². The maximum atomic E-state index is 12.3. The molecule has 20 heavy (non-hydrogen) atoms. The third-order valence-corrected chi connectivity index (χ3v) is 2.99. The van der Waals surface area contributed by atoms with Gasteiger partial charge in [-0.25, -0.2) is 4.98 Å². The van der Waals surface area contributed by atoms with Crippen molar-refractivity contribution >= 4 is 5.91 Å². The number of nitrogens with one attached hydrogen (secondary N) is 1. The molecule has 0 spiro atoms. The predicted octanol–water partition coefficient (Wildman–Crippen LogP) is 3.02. The van der Waals surface area contributed by atoms with Gasteiger partial charge in [0, 0.05) is 11.2 Å². The smallest absolute Gasteiger partial charge is 0.272 e. The first-order valence-electron chi connectivity index (χ1n) is 6.73. The van der Waals surface area contributed by atoms with Gasteiger partial charge in [0.1, 0.15) is 11.5 Å². The number of hydrogen-bond acceptors (Lipinski definition) is 2. The molecule has 0 aliphatic carbocycles. The highest BCUT2D eigenvalue weighted by atomic mass is 16.2. The van der Waals surface area contributed by atoms with Gasteiger partial charge in [0.25, 0.3) is 5.91 Å². The van der Waals surface area contributed by atoms with Crippen molar-refractivity contribution < 1.29 is 4.79 Å². The van der Waals surface area contributed by atoms with Crippen LogP contribution in [0.25, 0.3) is 5.69 Å². The monoisotopic (exact) mass is 271 g/mol. The number of imidazole rings is 1. The van der Waals surface area contributed by atoms with Gasteiger partial charge in [-0.2, -0.15) is 0 Å². The normalized spacial score (nSPS) is 11.4. The number of rotatable bonds is 2. The van der Waals surface area contributed by atoms with Crippen molar-refractivity contribution in [2.75, 3.05) is 0 Å². The van der Waals surface area contributed by atoms with Gasteiger partial charge in [0.05, 0.1) is 5.69 Å². The fraction of sp³-hybridized carbons (Fsp3) is 0.375. The Morgan fingerprint density at radius 3 is 2.30 bits per heavy atom. The van der Waals surface area contributed by atoms with Crippen molar-refractivity contribution in [1.82, 2.24) is 14.9 Å². The molecule has 1 aromatic carbocycles. The third-order valence-electron chi connectivity index (χ3n) is 2.99. The molecular weight excluding hydrogens is 250 g/mol. The van der Waals surface area contributed by atoms with Crippen LogP contribution in [0.4, 0.5) is 0 Å². The maximum Gasteiger partial charge on any atom is 0.272 e. The lowest BCUT2D eigenvalue weighted by molar-refractivity contribution is 0.0914. The summed E-state index contributed by atoms with van der Waals surface area (Å²) in [5.74, 6) is 0.681. The molecule has 1 aromatic heterocycles. The van der Waals surface area contributed by atoms with Crippen molar-refractivity contribution in [3.05, 3.63) is 47.5 Å². The van der Waals surface area contributed by atoms with E-state index in [-0.39, 0.29) is 11.4 Å². The molecule has 0 aliphatic rings. The predicted molar refractivity (Wildman–Crippen MR) is 80.3 cm³/mol. The lowest BCUT2D eigenvalue weighted by atomic mass is 10.1. The van der Waals surface area contributed by atoms with E-state index in [0.29, 0.717) is 5.69 Å². The lowest BCUT2D eigenvalue weighted by Crippen LogP contribution is -2.41. The van der Waals surface area contributed by atoms with Crippen molar-refractivity contribution in [2.24, 2.45) is 0 Å². The summed E-state index contributed by atoms with van der Waals surface area (Å²) in [6, 6.07) is 9.94. The number of carbonyl (C=O) groups is 1. The summed E-state index contributed by atoms with van der Waals surface area (Å²) in [5.41, 5.74) is 2.09. The summed E-state index contributed by atoms with van der Waals surface area (Å²) in [5, 5.41) is 2.95. The van der Waals surface area contributed by atoms with E-state index >= 15 is 0 Å². The van der Waals surface area contributed by atoms with Crippen molar-refractivity contribution in [3.63, 3.8) is 0 Å². The molecule has 0 saturated carbocycles. The Morgan fingerprint density at radius 1 is 1.15 bits per heavy atom. The summed E-state index contributed by atoms with van der Waals surface area (Å²) >= 11 is 0. The first-order valence-corrected chi connectivity index (χ1v) is 6.73. The molecule has 0 atom stereocenters. The first-order chi connectivity index (χ1) is 9.29. The van der Waals surface area contributed by atoms with Crippen LogP contribution in [-0.2, 0) is 0 Å². The van der Waals surface area contributed by atoms with Gasteiger partial charge in [-0.3, -0.25) is 4.79 Å². The van der Waals surface area contributed by atoms with Gasteiger partial charge in [-0.1, -0.05) is 18.2 Å². The van der Waals surface area contributed by atoms with E-state index in [2.05, 4.69) is 10.3 Å². The van der Waals surface area contributed by atoms with Crippen molar-refractivity contribution in [2.45, 2.75) is 40.2 Å². The summed E-state index contributed by atoms with van der Waals surface area (Å²) in [7, 11) is 0. The molecule has 4 nitrogen and oxygen atoms in total. The van der Waals surface area contributed by atoms with Crippen LogP contribution in [0.1, 0.15) is 42.8 Å². The highest BCUT2D eigenvalue weighted by Gasteiger charge is 2.22. The lowest BCUT2D eigenvalue weighted by Gasteiger charge is -2.19. The zero-order chi connectivity index (χ0) is 14.9. The molecule has 0 unspecified atom stereocenters. The zero-order valence-corrected chi connectivity index (χ0v) is 12.7. The molecule has 4 heteroatoms. The number of aryl methyl sites for hydroxylation is 1. The molecule has 0 fully saturated rings. The molecule has 2 rings (SSSR count). The Bertz CT molecular complexity index is 621. The third kappa shape index (κ3) is 2.90. The van der Waals surface area contributed by atoms with Crippen LogP contribution in [0.3, 0.4) is 0 Å². The van der Waals surface area contributed by atoms with Crippen LogP contribution in [0.5, 0.6) is 0 Å². The number of benzene rings is 1. The molecular formula is C16H21N3O. The van der Waals surface area contributed by atoms with Crippen LogP contribution in [0.2, 0.25) is 0 Å². The van der Waals surface area contributed by atoms with E-state index in [0.717, 1.165) is 17.2 Å². The van der Waals surface area contributed by atoms with Gasteiger partial charge in [0.2, 0.25) is 0 Å². The number of aromatic nitrogens is 2. The van der Waals surface area contributed by atoms with Crippen molar-refractivity contribution in [1.29, 1.82) is 0 Å². The topological polar surface area (TPSA) is 46.9 Å². The molecule has 1 amide bonds. The summed E-state index contributed by atoms with van der Waals surface area (Å²) in [6.45, 7) is 9.71. The summed E-state index contributed by atoms with van der Waals surface area (Å²) in [4.78, 5) is 16.7. The maximum absolute atomic E-state index is 12.3. The number of amides is 1. The zero-order valence-electron chi connectivity index (χ0n) is 12.7. The average molecular weight is 271 g/mol. The highest BCUT2D eigenvalue weighted by molar-refractivity contribution is 5.94. The standard InChI is InChI=1S/C16H21N3O/c1-11-14(15(20)18-16(3,4)5)17-12(2)19(11)13-9-7-6-8-10-13/h6-10H,1-5H3,(H,18,20). The van der Waals surface area contributed by atoms with Crippen LogP contribution in [-0.4, -0.2) is 21.0 Å². The minimum atomic E-state index is -0.270. The molecule has 106 valence electrons. The van der Waals surface area contributed by atoms with E-state index < -0.39 is 0 Å². The number of carbonyl (C=O) groups excluding carboxylic acids is 1. The van der Waals surface area contributed by atoms with Gasteiger partial charge >= 0.3 is 0 Å². The van der Waals surface area contributed by atoms with Crippen LogP contribution in [0, 0.1) is 13.8 Å². The Hall–Kier alpha value is -2.10. The number of nitrogens with zero attached hydrogens (tertiary/aromatic N) is 2. The minimum Gasteiger partial charge on any atom is -0.346 e. The number of para-hydroxylation sites is 1. The highest BCUT2D eigenvalue weighted by Crippen LogP contribution is 2.18. The van der Waals surface area contributed by atoms with Gasteiger partial charge in [-0.15, -0.1) is 0 Å². The van der Waals surface area contributed by atoms with E-state index in [1.54, 1.807) is 0 Å². The van der Waals surface area contributed by atoms with E-state index in [1.165, 1.54) is 0 Å². The van der Waals surface area contributed by atoms with E-state index in [9.17, 15) is 4.79 Å². The van der Waals surface area contributed by atoms with Crippen LogP contribution < -0.4 is 5.32 Å². The molecule has 1 N–H and O–H groups in total. The van der Waals surface area contributed by atoms with Gasteiger partial charge in [0.15, 0.2) is 0 Å². The molecule has 0 aliphatic heterocycles. The summed E-state index contributed by atoms with van der Waals surface area (Å²) in [6.07, 6.45) is 0. The van der Waals surface area contributed by atoms with Crippen LogP contribution in [0.15, 0.2) is 30.3 Å². The average Bonchev–Trinajstić information content (AvgIpc) is 2.64. The second kappa shape index (κ2) is 5.12. The molecule has 2 aromatic rings. The largest absolute Gasteiger partial charge is 0.346 e. The molecule has 1 heterocycles. The molecule has 0 bridgehead atoms. The minimum absolute atomic E-state index is 0.132. The Balaban J connectivity index is 2.42. The Morgan fingerprint density at radius 2 is 1.75 bits per heavy atom. The second-order valence-electron chi connectivity index (χ2n) is 5.97. The quantitative estimate of drug-likeness (QED) is 0.912. The Kier molecular flexibility index (Phi) is 3.66. The second-order valence-corrected chi connectivity index (χ2v) is 5.97. The molecule has 0 saturated heterocycles. The first kappa shape index (κ1) is 14.3. The fourth-order valence-electron chi connectivity index (χ4n) is 2.21. The van der Waals surface area contributed by atoms with Crippen molar-refractivity contribution in [3.8, 4) is 5.69 Å². The van der Waals surface area contributed by atoms with Gasteiger partial charge in [-0.05, 0) is 46.8 Å². The summed E-state index contributed by atoms with van der Waals surface area (Å²) < 4.78 is 2.00. The van der Waals surface area contributed by atoms with E-state index in [4.69, 9.17) is 0 Å². The fourth-order valence-corrected chi connectivity index (χ4v) is 2.21. The SMILES string of the molecule is Cc1nc(C(=O)NC(C)(C)C)c(C)n1-c1ccccc1. The molecule has 0 radical (unpaired) electrons. The Labute approximate surface area is 119 Å². The van der Waals surface area contributed by atoms with Crippen LogP contribution >= 0.6 is 0 Å².